The highest BCUT2D eigenvalue weighted by Crippen LogP contribution is 2.26. The van der Waals surface area contributed by atoms with Gasteiger partial charge in [0.1, 0.15) is 5.76 Å². The molecule has 0 aromatic carbocycles. The fourth-order valence-corrected chi connectivity index (χ4v) is 5.33. The molecule has 0 spiro atoms. The zero-order valence-corrected chi connectivity index (χ0v) is 23.7. The van der Waals surface area contributed by atoms with E-state index in [2.05, 4.69) is 18.8 Å². The van der Waals surface area contributed by atoms with Gasteiger partial charge in [-0.1, -0.05) is 58.8 Å². The van der Waals surface area contributed by atoms with Gasteiger partial charge in [0.25, 0.3) is 0 Å². The molecule has 5 heterocycles. The van der Waals surface area contributed by atoms with Crippen LogP contribution in [0.2, 0.25) is 0 Å². The Kier molecular flexibility index (Phi) is 9.07. The highest BCUT2D eigenvalue weighted by Gasteiger charge is 2.19. The van der Waals surface area contributed by atoms with E-state index in [1.54, 1.807) is 0 Å². The van der Waals surface area contributed by atoms with Crippen LogP contribution in [-0.2, 0) is 0 Å². The van der Waals surface area contributed by atoms with Crippen LogP contribution in [0.4, 0.5) is 0 Å². The Bertz CT molecular complexity index is 1540. The maximum atomic E-state index is 11.1. The highest BCUT2D eigenvalue weighted by molar-refractivity contribution is 6.20. The number of allylic oxidation sites excluding steroid dienone is 10. The average molecular weight is 537 g/mol. The van der Waals surface area contributed by atoms with Gasteiger partial charge in [-0.25, -0.2) is 15.0 Å². The number of unbranched alkanes of at least 4 members (excludes halogenated alkanes) is 6. The van der Waals surface area contributed by atoms with E-state index in [9.17, 15) is 10.2 Å². The monoisotopic (exact) mass is 536 g/mol. The van der Waals surface area contributed by atoms with Gasteiger partial charge >= 0.3 is 0 Å². The van der Waals surface area contributed by atoms with E-state index in [1.165, 1.54) is 19.3 Å². The van der Waals surface area contributed by atoms with E-state index in [0.717, 1.165) is 88.9 Å². The SMILES string of the molecule is CCCCCC/C(O)=C1\C=C2C=c3cc(C(O)CCCCCC)c([nH]3)=CC3=NC(=CC4=NC(=CC1=N2)C=C4)C=C3. The second kappa shape index (κ2) is 13.1. The van der Waals surface area contributed by atoms with Gasteiger partial charge in [0.2, 0.25) is 0 Å². The summed E-state index contributed by atoms with van der Waals surface area (Å²) in [5.41, 5.74) is 6.33. The van der Waals surface area contributed by atoms with Gasteiger partial charge in [-0.15, -0.1) is 0 Å². The van der Waals surface area contributed by atoms with E-state index in [0.29, 0.717) is 17.9 Å². The number of aliphatic hydroxyl groups excluding tert-OH is 2. The van der Waals surface area contributed by atoms with Crippen LogP contribution in [0.15, 0.2) is 92.0 Å². The second-order valence-corrected chi connectivity index (χ2v) is 10.9. The second-order valence-electron chi connectivity index (χ2n) is 10.9. The molecule has 0 saturated carbocycles. The van der Waals surface area contributed by atoms with Crippen LogP contribution in [-0.4, -0.2) is 32.3 Å². The number of hydrogen-bond acceptors (Lipinski definition) is 5. The first kappa shape index (κ1) is 27.8. The summed E-state index contributed by atoms with van der Waals surface area (Å²) in [4.78, 5) is 17.9. The largest absolute Gasteiger partial charge is 0.512 e. The molecule has 4 aliphatic heterocycles. The molecule has 8 bridgehead atoms. The number of aromatic nitrogens is 1. The molecule has 1 atom stereocenters. The fraction of sp³-hybridized carbons (Fsp3) is 0.382. The number of rotatable bonds is 11. The average Bonchev–Trinajstić information content (AvgIpc) is 3.73. The Labute approximate surface area is 236 Å². The van der Waals surface area contributed by atoms with Gasteiger partial charge in [-0.2, -0.15) is 0 Å². The minimum Gasteiger partial charge on any atom is -0.512 e. The number of hydrogen-bond donors (Lipinski definition) is 3. The minimum atomic E-state index is -0.566. The molecule has 6 heteroatoms. The molecule has 0 aliphatic carbocycles. The summed E-state index contributed by atoms with van der Waals surface area (Å²) in [5.74, 6) is 0.364. The van der Waals surface area contributed by atoms with Crippen molar-refractivity contribution in [2.45, 2.75) is 84.2 Å². The normalized spacial score (nSPS) is 19.3. The van der Waals surface area contributed by atoms with Crippen LogP contribution in [0, 0.1) is 0 Å². The predicted molar refractivity (Wildman–Crippen MR) is 166 cm³/mol. The number of H-pyrrole nitrogens is 1. The van der Waals surface area contributed by atoms with E-state index in [4.69, 9.17) is 15.0 Å². The summed E-state index contributed by atoms with van der Waals surface area (Å²) >= 11 is 0. The summed E-state index contributed by atoms with van der Waals surface area (Å²) in [7, 11) is 0. The number of aliphatic imine (C=N–C) groups is 3. The van der Waals surface area contributed by atoms with Gasteiger partial charge in [-0.05, 0) is 73.6 Å². The van der Waals surface area contributed by atoms with Crippen molar-refractivity contribution in [1.82, 2.24) is 4.98 Å². The molecule has 5 rings (SSSR count). The van der Waals surface area contributed by atoms with Crippen molar-refractivity contribution >= 4 is 29.3 Å². The number of nitrogens with zero attached hydrogens (tertiary/aromatic N) is 3. The molecule has 0 fully saturated rings. The summed E-state index contributed by atoms with van der Waals surface area (Å²) in [5, 5.41) is 23.9. The lowest BCUT2D eigenvalue weighted by Crippen LogP contribution is -2.16. The van der Waals surface area contributed by atoms with Crippen LogP contribution in [0.5, 0.6) is 0 Å². The third kappa shape index (κ3) is 6.86. The summed E-state index contributed by atoms with van der Waals surface area (Å²) in [6.07, 6.45) is 27.3. The zero-order valence-electron chi connectivity index (χ0n) is 23.7. The Morgan fingerprint density at radius 3 is 2.20 bits per heavy atom. The molecule has 1 unspecified atom stereocenters. The molecule has 0 amide bonds. The number of aromatic amines is 1. The van der Waals surface area contributed by atoms with E-state index in [-0.39, 0.29) is 0 Å². The fourth-order valence-electron chi connectivity index (χ4n) is 5.33. The Balaban J connectivity index is 1.57. The van der Waals surface area contributed by atoms with Crippen molar-refractivity contribution in [2.75, 3.05) is 0 Å². The van der Waals surface area contributed by atoms with Gasteiger partial charge < -0.3 is 15.2 Å². The predicted octanol–water partition coefficient (Wildman–Crippen LogP) is 6.50. The zero-order chi connectivity index (χ0) is 27.9. The van der Waals surface area contributed by atoms with Crippen LogP contribution in [0.25, 0.3) is 12.2 Å². The third-order valence-electron chi connectivity index (χ3n) is 7.53. The molecule has 1 aromatic heterocycles. The molecule has 6 nitrogen and oxygen atoms in total. The number of aliphatic hydroxyl groups is 2. The molecule has 4 aliphatic rings. The first-order valence-corrected chi connectivity index (χ1v) is 14.8. The molecular formula is C34H40N4O2. The lowest BCUT2D eigenvalue weighted by Gasteiger charge is -2.08. The molecule has 3 N–H and O–H groups in total. The highest BCUT2D eigenvalue weighted by atomic mass is 16.3. The standard InChI is InChI=1S/C34H40N4O2/c1-3-5-7-9-11-33(39)29-19-27-18-28-20-30(34(40)12-10-8-6-4-2)32(38-28)22-26-16-14-24(36-26)17-23-13-15-25(35-23)21-31(29)37-27/h13-22,33,37,39-40H,3-12H2,1-2H3/b23-17?,26-22?,27-18?,31-21?,34-30-. The number of nitrogens with one attached hydrogen (secondary N) is 1. The summed E-state index contributed by atoms with van der Waals surface area (Å²) in [6.45, 7) is 4.38. The van der Waals surface area contributed by atoms with Crippen molar-refractivity contribution in [2.24, 2.45) is 15.0 Å². The van der Waals surface area contributed by atoms with Crippen molar-refractivity contribution in [3.63, 3.8) is 0 Å². The van der Waals surface area contributed by atoms with Crippen molar-refractivity contribution in [1.29, 1.82) is 0 Å². The maximum Gasteiger partial charge on any atom is 0.102 e. The summed E-state index contributed by atoms with van der Waals surface area (Å²) < 4.78 is 0. The Morgan fingerprint density at radius 1 is 0.750 bits per heavy atom. The molecule has 0 radical (unpaired) electrons. The van der Waals surface area contributed by atoms with E-state index < -0.39 is 6.10 Å². The molecule has 208 valence electrons. The van der Waals surface area contributed by atoms with E-state index >= 15 is 0 Å². The first-order valence-electron chi connectivity index (χ1n) is 14.8. The van der Waals surface area contributed by atoms with Gasteiger partial charge in [-0.3, -0.25) is 0 Å². The summed E-state index contributed by atoms with van der Waals surface area (Å²) in [6, 6.07) is 2.01. The van der Waals surface area contributed by atoms with Crippen molar-refractivity contribution in [3.8, 4) is 0 Å². The van der Waals surface area contributed by atoms with Crippen molar-refractivity contribution < 1.29 is 10.2 Å². The van der Waals surface area contributed by atoms with Crippen LogP contribution in [0.3, 0.4) is 0 Å². The van der Waals surface area contributed by atoms with Crippen molar-refractivity contribution in [3.05, 3.63) is 93.3 Å². The van der Waals surface area contributed by atoms with E-state index in [1.807, 2.05) is 60.8 Å². The number of fused-ring (bicyclic) bond motifs is 5. The quantitative estimate of drug-likeness (QED) is 0.222. The lowest BCUT2D eigenvalue weighted by molar-refractivity contribution is 0.162. The topological polar surface area (TPSA) is 93.3 Å². The first-order chi connectivity index (χ1) is 19.5. The minimum absolute atomic E-state index is 0.364. The Morgan fingerprint density at radius 2 is 1.45 bits per heavy atom. The van der Waals surface area contributed by atoms with Crippen LogP contribution in [0.1, 0.15) is 89.7 Å². The van der Waals surface area contributed by atoms with Crippen LogP contribution >= 0.6 is 0 Å². The van der Waals surface area contributed by atoms with Gasteiger partial charge in [0.15, 0.2) is 0 Å². The Hall–Kier alpha value is -3.77. The lowest BCUT2D eigenvalue weighted by atomic mass is 10.0. The van der Waals surface area contributed by atoms with Gasteiger partial charge in [0.05, 0.1) is 40.3 Å². The van der Waals surface area contributed by atoms with Gasteiger partial charge in [0, 0.05) is 28.3 Å². The maximum absolute atomic E-state index is 11.1. The molecule has 0 saturated heterocycles. The van der Waals surface area contributed by atoms with Crippen LogP contribution < -0.4 is 10.7 Å². The molecule has 40 heavy (non-hydrogen) atoms. The smallest absolute Gasteiger partial charge is 0.102 e. The molecule has 1 aromatic rings. The molecular weight excluding hydrogens is 496 g/mol. The third-order valence-corrected chi connectivity index (χ3v) is 7.53.